The molecule has 0 radical (unpaired) electrons. The fraction of sp³-hybridized carbons (Fsp3) is 0.357. The first-order valence-corrected chi connectivity index (χ1v) is 5.92. The summed E-state index contributed by atoms with van der Waals surface area (Å²) in [5.74, 6) is 1.09. The average Bonchev–Trinajstić information content (AvgIpc) is 2.55. The fourth-order valence-electron chi connectivity index (χ4n) is 2.71. The van der Waals surface area contributed by atoms with Crippen LogP contribution in [0.15, 0.2) is 18.2 Å². The molecule has 88 valence electrons. The zero-order valence-electron chi connectivity index (χ0n) is 10.1. The molecule has 0 unspecified atom stereocenters. The molecule has 3 nitrogen and oxygen atoms in total. The van der Waals surface area contributed by atoms with E-state index in [4.69, 9.17) is 4.74 Å². The molecule has 0 amide bonds. The lowest BCUT2D eigenvalue weighted by Gasteiger charge is -2.07. The monoisotopic (exact) mass is 229 g/mol. The Bertz CT molecular complexity index is 610. The summed E-state index contributed by atoms with van der Waals surface area (Å²) < 4.78 is 7.61. The number of carbonyl (C=O) groups is 1. The van der Waals surface area contributed by atoms with Gasteiger partial charge in [-0.2, -0.15) is 0 Å². The zero-order valence-corrected chi connectivity index (χ0v) is 10.1. The van der Waals surface area contributed by atoms with Crippen molar-refractivity contribution < 1.29 is 9.53 Å². The maximum Gasteiger partial charge on any atom is 0.165 e. The number of methoxy groups -OCH3 is 1. The molecule has 0 aliphatic carbocycles. The number of carbonyl (C=O) groups excluding carboxylic acids is 1. The minimum atomic E-state index is 0.245. The standard InChI is InChI=1S/C14H15NO2/c1-9-8-11-13(17-2)6-5-10-12(16)4-3-7-15(9)14(10)11/h5-6,8H,3-4,7H2,1-2H3. The molecular weight excluding hydrogens is 214 g/mol. The topological polar surface area (TPSA) is 31.2 Å². The van der Waals surface area contributed by atoms with Gasteiger partial charge in [0, 0.05) is 29.6 Å². The van der Waals surface area contributed by atoms with E-state index in [9.17, 15) is 4.79 Å². The molecule has 0 bridgehead atoms. The molecule has 0 N–H and O–H groups in total. The molecule has 1 aromatic heterocycles. The van der Waals surface area contributed by atoms with Crippen LogP contribution in [0, 0.1) is 6.92 Å². The smallest absolute Gasteiger partial charge is 0.165 e. The van der Waals surface area contributed by atoms with Gasteiger partial charge >= 0.3 is 0 Å². The molecule has 0 saturated carbocycles. The molecule has 0 atom stereocenters. The van der Waals surface area contributed by atoms with E-state index >= 15 is 0 Å². The average molecular weight is 229 g/mol. The lowest BCUT2D eigenvalue weighted by atomic mass is 10.0. The van der Waals surface area contributed by atoms with Crippen LogP contribution in [0.25, 0.3) is 10.9 Å². The fourth-order valence-corrected chi connectivity index (χ4v) is 2.71. The Morgan fingerprint density at radius 2 is 2.18 bits per heavy atom. The maximum atomic E-state index is 12.0. The molecule has 0 saturated heterocycles. The van der Waals surface area contributed by atoms with Crippen molar-refractivity contribution in [1.29, 1.82) is 0 Å². The normalized spacial score (nSPS) is 15.1. The highest BCUT2D eigenvalue weighted by atomic mass is 16.5. The second-order valence-corrected chi connectivity index (χ2v) is 4.54. The van der Waals surface area contributed by atoms with E-state index in [2.05, 4.69) is 17.6 Å². The lowest BCUT2D eigenvalue weighted by molar-refractivity contribution is 0.0982. The molecule has 17 heavy (non-hydrogen) atoms. The van der Waals surface area contributed by atoms with E-state index < -0.39 is 0 Å². The number of aryl methyl sites for hydroxylation is 2. The van der Waals surface area contributed by atoms with Gasteiger partial charge in [0.05, 0.1) is 12.6 Å². The summed E-state index contributed by atoms with van der Waals surface area (Å²) in [7, 11) is 1.67. The molecule has 3 heteroatoms. The van der Waals surface area contributed by atoms with Crippen molar-refractivity contribution >= 4 is 16.7 Å². The summed E-state index contributed by atoms with van der Waals surface area (Å²) in [5.41, 5.74) is 3.08. The molecule has 2 aromatic rings. The predicted molar refractivity (Wildman–Crippen MR) is 66.8 cm³/mol. The van der Waals surface area contributed by atoms with Crippen LogP contribution in [0.5, 0.6) is 5.75 Å². The number of ether oxygens (including phenoxy) is 1. The molecule has 1 aromatic carbocycles. The van der Waals surface area contributed by atoms with Crippen molar-refractivity contribution in [3.8, 4) is 5.75 Å². The molecule has 1 aliphatic heterocycles. The Balaban J connectivity index is 2.44. The summed E-state index contributed by atoms with van der Waals surface area (Å²) in [4.78, 5) is 12.0. The van der Waals surface area contributed by atoms with Gasteiger partial charge in [0.15, 0.2) is 5.78 Å². The molecule has 0 spiro atoms. The molecule has 3 rings (SSSR count). The summed E-state index contributed by atoms with van der Waals surface area (Å²) in [6, 6.07) is 5.89. The summed E-state index contributed by atoms with van der Waals surface area (Å²) in [6.45, 7) is 3.00. The number of Topliss-reactive ketones (excluding diaryl/α,β-unsaturated/α-hetero) is 1. The van der Waals surface area contributed by atoms with E-state index in [1.165, 1.54) is 5.69 Å². The van der Waals surface area contributed by atoms with Crippen molar-refractivity contribution in [2.75, 3.05) is 7.11 Å². The van der Waals surface area contributed by atoms with Crippen molar-refractivity contribution in [1.82, 2.24) is 4.57 Å². The zero-order chi connectivity index (χ0) is 12.0. The van der Waals surface area contributed by atoms with E-state index in [1.54, 1.807) is 7.11 Å². The number of nitrogens with zero attached hydrogens (tertiary/aromatic N) is 1. The van der Waals surface area contributed by atoms with Crippen molar-refractivity contribution in [2.24, 2.45) is 0 Å². The minimum absolute atomic E-state index is 0.245. The highest BCUT2D eigenvalue weighted by Crippen LogP contribution is 2.34. The minimum Gasteiger partial charge on any atom is -0.496 e. The van der Waals surface area contributed by atoms with Gasteiger partial charge in [-0.15, -0.1) is 0 Å². The van der Waals surface area contributed by atoms with Crippen LogP contribution >= 0.6 is 0 Å². The third-order valence-electron chi connectivity index (χ3n) is 3.53. The number of benzene rings is 1. The number of hydrogen-bond acceptors (Lipinski definition) is 2. The van der Waals surface area contributed by atoms with Crippen molar-refractivity contribution in [3.63, 3.8) is 0 Å². The highest BCUT2D eigenvalue weighted by Gasteiger charge is 2.20. The second-order valence-electron chi connectivity index (χ2n) is 4.54. The van der Waals surface area contributed by atoms with Gasteiger partial charge in [0.25, 0.3) is 0 Å². The van der Waals surface area contributed by atoms with Gasteiger partial charge in [-0.3, -0.25) is 4.79 Å². The quantitative estimate of drug-likeness (QED) is 0.752. The Hall–Kier alpha value is -1.77. The van der Waals surface area contributed by atoms with E-state index in [0.717, 1.165) is 35.2 Å². The van der Waals surface area contributed by atoms with Gasteiger partial charge < -0.3 is 9.30 Å². The molecular formula is C14H15NO2. The third-order valence-corrected chi connectivity index (χ3v) is 3.53. The number of rotatable bonds is 1. The Morgan fingerprint density at radius 3 is 2.94 bits per heavy atom. The lowest BCUT2D eigenvalue weighted by Crippen LogP contribution is -1.99. The first-order chi connectivity index (χ1) is 8.22. The SMILES string of the molecule is COc1ccc2c3c1cc(C)n3CCCC2=O. The van der Waals surface area contributed by atoms with Crippen LogP contribution < -0.4 is 4.74 Å². The van der Waals surface area contributed by atoms with E-state index in [-0.39, 0.29) is 5.78 Å². The first-order valence-electron chi connectivity index (χ1n) is 5.92. The van der Waals surface area contributed by atoms with Gasteiger partial charge in [-0.1, -0.05) is 0 Å². The molecule has 0 fully saturated rings. The predicted octanol–water partition coefficient (Wildman–Crippen LogP) is 2.93. The van der Waals surface area contributed by atoms with Crippen molar-refractivity contribution in [3.05, 3.63) is 29.5 Å². The van der Waals surface area contributed by atoms with E-state index in [1.807, 2.05) is 12.1 Å². The summed E-state index contributed by atoms with van der Waals surface area (Å²) in [5, 5.41) is 1.05. The van der Waals surface area contributed by atoms with Gasteiger partial charge in [-0.05, 0) is 31.5 Å². The Kier molecular flexibility index (Phi) is 2.21. The molecule has 2 heterocycles. The summed E-state index contributed by atoms with van der Waals surface area (Å²) in [6.07, 6.45) is 1.56. The van der Waals surface area contributed by atoms with Crippen LogP contribution in [-0.2, 0) is 6.54 Å². The highest BCUT2D eigenvalue weighted by molar-refractivity contribution is 6.09. The van der Waals surface area contributed by atoms with Crippen LogP contribution in [0.3, 0.4) is 0 Å². The van der Waals surface area contributed by atoms with Crippen molar-refractivity contribution in [2.45, 2.75) is 26.3 Å². The first kappa shape index (κ1) is 10.4. The number of hydrogen-bond donors (Lipinski definition) is 0. The Labute approximate surface area is 100.0 Å². The van der Waals surface area contributed by atoms with Gasteiger partial charge in [0.1, 0.15) is 5.75 Å². The van der Waals surface area contributed by atoms with Gasteiger partial charge in [-0.25, -0.2) is 0 Å². The number of aromatic nitrogens is 1. The van der Waals surface area contributed by atoms with Crippen LogP contribution in [0.1, 0.15) is 28.9 Å². The molecule has 1 aliphatic rings. The Morgan fingerprint density at radius 1 is 1.35 bits per heavy atom. The van der Waals surface area contributed by atoms with Gasteiger partial charge in [0.2, 0.25) is 0 Å². The largest absolute Gasteiger partial charge is 0.496 e. The second kappa shape index (κ2) is 3.62. The van der Waals surface area contributed by atoms with Crippen LogP contribution in [0.2, 0.25) is 0 Å². The third kappa shape index (κ3) is 1.38. The maximum absolute atomic E-state index is 12.0. The van der Waals surface area contributed by atoms with Crippen LogP contribution in [-0.4, -0.2) is 17.5 Å². The number of ketones is 1. The summed E-state index contributed by atoms with van der Waals surface area (Å²) >= 11 is 0. The van der Waals surface area contributed by atoms with Crippen LogP contribution in [0.4, 0.5) is 0 Å². The van der Waals surface area contributed by atoms with E-state index in [0.29, 0.717) is 6.42 Å².